The molecule has 0 aromatic heterocycles. The molecule has 0 fully saturated rings. The Labute approximate surface area is 184 Å². The molecule has 0 saturated carbocycles. The second-order valence-electron chi connectivity index (χ2n) is 7.23. The third-order valence-electron chi connectivity index (χ3n) is 5.06. The molecule has 0 spiro atoms. The molecule has 0 heterocycles. The van der Waals surface area contributed by atoms with Crippen molar-refractivity contribution in [1.29, 1.82) is 0 Å². The van der Waals surface area contributed by atoms with Gasteiger partial charge in [-0.1, -0.05) is 32.0 Å². The Morgan fingerprint density at radius 1 is 1.00 bits per heavy atom. The molecule has 0 aliphatic carbocycles. The van der Waals surface area contributed by atoms with Crippen molar-refractivity contribution in [3.8, 4) is 11.5 Å². The van der Waals surface area contributed by atoms with Crippen molar-refractivity contribution < 1.29 is 24.1 Å². The largest absolute Gasteiger partial charge is 0.493 e. The maximum Gasteiger partial charge on any atom is 0.337 e. The van der Waals surface area contributed by atoms with Gasteiger partial charge in [-0.15, -0.1) is 0 Å². The highest BCUT2D eigenvalue weighted by Crippen LogP contribution is 2.28. The van der Waals surface area contributed by atoms with Gasteiger partial charge in [0.25, 0.3) is 0 Å². The number of methoxy groups -OCH3 is 2. The first-order valence-electron chi connectivity index (χ1n) is 10.6. The molecular weight excluding hydrogens is 396 g/mol. The van der Waals surface area contributed by atoms with Gasteiger partial charge in [0.2, 0.25) is 0 Å². The molecule has 7 nitrogen and oxygen atoms in total. The number of aliphatic hydroxyl groups is 1. The van der Waals surface area contributed by atoms with Gasteiger partial charge >= 0.3 is 5.97 Å². The maximum atomic E-state index is 11.5. The molecule has 0 unspecified atom stereocenters. The number of hydrogen-bond acceptors (Lipinski definition) is 7. The average molecular weight is 431 g/mol. The first kappa shape index (κ1) is 24.7. The van der Waals surface area contributed by atoms with Crippen LogP contribution in [0, 0.1) is 0 Å². The first-order chi connectivity index (χ1) is 15.0. The van der Waals surface area contributed by atoms with Crippen molar-refractivity contribution in [1.82, 2.24) is 10.2 Å². The highest BCUT2D eigenvalue weighted by molar-refractivity contribution is 5.89. The lowest BCUT2D eigenvalue weighted by Crippen LogP contribution is -2.35. The highest BCUT2D eigenvalue weighted by atomic mass is 16.5. The molecule has 170 valence electrons. The van der Waals surface area contributed by atoms with E-state index >= 15 is 0 Å². The molecule has 7 heteroatoms. The number of benzene rings is 2. The SMILES string of the molecule is CCN(CC)C[C@@H](O)COc1ccc(CNCc2ccc(C(=O)OC)cc2)cc1OC. The zero-order valence-corrected chi connectivity index (χ0v) is 18.9. The summed E-state index contributed by atoms with van der Waals surface area (Å²) in [6.07, 6.45) is -0.559. The molecule has 0 bridgehead atoms. The van der Waals surface area contributed by atoms with Crippen LogP contribution in [0.2, 0.25) is 0 Å². The van der Waals surface area contributed by atoms with Crippen LogP contribution in [0.25, 0.3) is 0 Å². The number of hydrogen-bond donors (Lipinski definition) is 2. The van der Waals surface area contributed by atoms with Gasteiger partial charge in [0.15, 0.2) is 11.5 Å². The monoisotopic (exact) mass is 430 g/mol. The lowest BCUT2D eigenvalue weighted by atomic mass is 10.1. The maximum absolute atomic E-state index is 11.5. The lowest BCUT2D eigenvalue weighted by Gasteiger charge is -2.22. The van der Waals surface area contributed by atoms with Crippen LogP contribution in [-0.2, 0) is 17.8 Å². The number of esters is 1. The van der Waals surface area contributed by atoms with Crippen LogP contribution in [0.4, 0.5) is 0 Å². The molecule has 2 aromatic rings. The fourth-order valence-electron chi connectivity index (χ4n) is 3.19. The Morgan fingerprint density at radius 3 is 2.26 bits per heavy atom. The minimum atomic E-state index is -0.559. The van der Waals surface area contributed by atoms with Gasteiger partial charge in [-0.2, -0.15) is 0 Å². The van der Waals surface area contributed by atoms with Gasteiger partial charge in [-0.05, 0) is 48.5 Å². The molecule has 2 rings (SSSR count). The molecule has 2 N–H and O–H groups in total. The van der Waals surface area contributed by atoms with Crippen LogP contribution < -0.4 is 14.8 Å². The van der Waals surface area contributed by atoms with Crippen LogP contribution in [0.1, 0.15) is 35.3 Å². The van der Waals surface area contributed by atoms with Crippen LogP contribution >= 0.6 is 0 Å². The van der Waals surface area contributed by atoms with E-state index in [-0.39, 0.29) is 12.6 Å². The smallest absolute Gasteiger partial charge is 0.337 e. The van der Waals surface area contributed by atoms with E-state index in [1.807, 2.05) is 30.3 Å². The van der Waals surface area contributed by atoms with Crippen LogP contribution in [0.3, 0.4) is 0 Å². The van der Waals surface area contributed by atoms with E-state index in [4.69, 9.17) is 14.2 Å². The summed E-state index contributed by atoms with van der Waals surface area (Å²) in [5, 5.41) is 13.6. The van der Waals surface area contributed by atoms with Gasteiger partial charge in [-0.25, -0.2) is 4.79 Å². The highest BCUT2D eigenvalue weighted by Gasteiger charge is 2.12. The molecule has 0 radical (unpaired) electrons. The van der Waals surface area contributed by atoms with Crippen LogP contribution in [0.5, 0.6) is 11.5 Å². The van der Waals surface area contributed by atoms with Crippen molar-refractivity contribution in [2.45, 2.75) is 33.0 Å². The summed E-state index contributed by atoms with van der Waals surface area (Å²) in [6.45, 7) is 8.06. The normalized spacial score (nSPS) is 11.9. The van der Waals surface area contributed by atoms with Crippen molar-refractivity contribution in [3.63, 3.8) is 0 Å². The number of rotatable bonds is 13. The van der Waals surface area contributed by atoms with Crippen molar-refractivity contribution in [3.05, 3.63) is 59.2 Å². The van der Waals surface area contributed by atoms with Gasteiger partial charge in [-0.3, -0.25) is 0 Å². The second kappa shape index (κ2) is 12.9. The second-order valence-corrected chi connectivity index (χ2v) is 7.23. The third-order valence-corrected chi connectivity index (χ3v) is 5.06. The Morgan fingerprint density at radius 2 is 1.65 bits per heavy atom. The predicted octanol–water partition coefficient (Wildman–Crippen LogP) is 2.85. The predicted molar refractivity (Wildman–Crippen MR) is 121 cm³/mol. The summed E-state index contributed by atoms with van der Waals surface area (Å²) in [4.78, 5) is 13.7. The zero-order chi connectivity index (χ0) is 22.6. The van der Waals surface area contributed by atoms with Gasteiger partial charge in [0.1, 0.15) is 12.7 Å². The average Bonchev–Trinajstić information content (AvgIpc) is 2.81. The number of nitrogens with zero attached hydrogens (tertiary/aromatic N) is 1. The van der Waals surface area contributed by atoms with E-state index in [0.29, 0.717) is 36.7 Å². The van der Waals surface area contributed by atoms with E-state index in [1.165, 1.54) is 7.11 Å². The zero-order valence-electron chi connectivity index (χ0n) is 18.9. The number of carbonyl (C=O) groups excluding carboxylic acids is 1. The lowest BCUT2D eigenvalue weighted by molar-refractivity contribution is 0.0600. The fourth-order valence-corrected chi connectivity index (χ4v) is 3.19. The quantitative estimate of drug-likeness (QED) is 0.473. The molecule has 0 aliphatic rings. The standard InChI is InChI=1S/C24H34N2O5/c1-5-26(6-2)16-21(27)17-31-22-12-9-19(13-23(22)29-3)15-25-14-18-7-10-20(11-8-18)24(28)30-4/h7-13,21,25,27H,5-6,14-17H2,1-4H3/t21-/m1/s1. The molecule has 0 saturated heterocycles. The fraction of sp³-hybridized carbons (Fsp3) is 0.458. The molecular formula is C24H34N2O5. The van der Waals surface area contributed by atoms with E-state index in [2.05, 4.69) is 24.1 Å². The summed E-state index contributed by atoms with van der Waals surface area (Å²) in [7, 11) is 2.98. The third kappa shape index (κ3) is 7.86. The molecule has 31 heavy (non-hydrogen) atoms. The molecule has 1 atom stereocenters. The van der Waals surface area contributed by atoms with Crippen molar-refractivity contribution in [2.75, 3.05) is 40.5 Å². The summed E-state index contributed by atoms with van der Waals surface area (Å²) in [6, 6.07) is 13.1. The topological polar surface area (TPSA) is 80.3 Å². The number of nitrogens with one attached hydrogen (secondary N) is 1. The molecule has 0 aliphatic heterocycles. The number of ether oxygens (including phenoxy) is 3. The Bertz CT molecular complexity index is 806. The van der Waals surface area contributed by atoms with E-state index in [1.54, 1.807) is 19.2 Å². The van der Waals surface area contributed by atoms with Gasteiger partial charge < -0.3 is 29.5 Å². The van der Waals surface area contributed by atoms with E-state index in [9.17, 15) is 9.90 Å². The minimum absolute atomic E-state index is 0.214. The summed E-state index contributed by atoms with van der Waals surface area (Å²) >= 11 is 0. The summed E-state index contributed by atoms with van der Waals surface area (Å²) < 4.78 is 16.0. The summed E-state index contributed by atoms with van der Waals surface area (Å²) in [5.74, 6) is 0.912. The molecule has 0 amide bonds. The minimum Gasteiger partial charge on any atom is -0.493 e. The van der Waals surface area contributed by atoms with Gasteiger partial charge in [0.05, 0.1) is 19.8 Å². The van der Waals surface area contributed by atoms with Crippen molar-refractivity contribution in [2.24, 2.45) is 0 Å². The molecule has 2 aromatic carbocycles. The van der Waals surface area contributed by atoms with Crippen LogP contribution in [0.15, 0.2) is 42.5 Å². The number of aliphatic hydroxyl groups excluding tert-OH is 1. The first-order valence-corrected chi connectivity index (χ1v) is 10.6. The Kier molecular flexibility index (Phi) is 10.3. The Balaban J connectivity index is 1.86. The summed E-state index contributed by atoms with van der Waals surface area (Å²) in [5.41, 5.74) is 2.66. The van der Waals surface area contributed by atoms with E-state index in [0.717, 1.165) is 24.2 Å². The number of carbonyl (C=O) groups is 1. The van der Waals surface area contributed by atoms with E-state index < -0.39 is 6.10 Å². The van der Waals surface area contributed by atoms with Gasteiger partial charge in [0, 0.05) is 19.6 Å². The van der Waals surface area contributed by atoms with Crippen molar-refractivity contribution >= 4 is 5.97 Å². The van der Waals surface area contributed by atoms with Crippen LogP contribution in [-0.4, -0.2) is 62.5 Å². The number of likely N-dealkylation sites (N-methyl/N-ethyl adjacent to an activating group) is 1. The Hall–Kier alpha value is -2.61.